The Morgan fingerprint density at radius 2 is 1.81 bits per heavy atom. The monoisotopic (exact) mass is 349 g/mol. The van der Waals surface area contributed by atoms with E-state index in [1.54, 1.807) is 0 Å². The molecule has 1 aliphatic rings. The number of hydrogen-bond acceptors (Lipinski definition) is 4. The first-order valence-electron chi connectivity index (χ1n) is 9.08. The van der Waals surface area contributed by atoms with Crippen LogP contribution in [-0.2, 0) is 11.3 Å². The van der Waals surface area contributed by atoms with Crippen molar-refractivity contribution >= 4 is 22.6 Å². The summed E-state index contributed by atoms with van der Waals surface area (Å²) in [6, 6.07) is 14.1. The highest BCUT2D eigenvalue weighted by Crippen LogP contribution is 2.18. The van der Waals surface area contributed by atoms with Crippen LogP contribution >= 0.6 is 0 Å². The SMILES string of the molecule is Cc1nn(CCC(=O)N2CCN(c3ccccn3)CC2)c2ccccc12. The van der Waals surface area contributed by atoms with E-state index in [0.29, 0.717) is 13.0 Å². The van der Waals surface area contributed by atoms with Gasteiger partial charge in [-0.1, -0.05) is 24.3 Å². The summed E-state index contributed by atoms with van der Waals surface area (Å²) in [5, 5.41) is 5.74. The van der Waals surface area contributed by atoms with Crippen molar-refractivity contribution < 1.29 is 4.79 Å². The van der Waals surface area contributed by atoms with Crippen LogP contribution in [0.2, 0.25) is 0 Å². The van der Waals surface area contributed by atoms with Gasteiger partial charge in [-0.15, -0.1) is 0 Å². The van der Waals surface area contributed by atoms with Crippen molar-refractivity contribution in [1.82, 2.24) is 19.7 Å². The normalized spacial score (nSPS) is 14.8. The number of hydrogen-bond donors (Lipinski definition) is 0. The fourth-order valence-electron chi connectivity index (χ4n) is 3.55. The van der Waals surface area contributed by atoms with Crippen LogP contribution in [-0.4, -0.2) is 51.8 Å². The van der Waals surface area contributed by atoms with Gasteiger partial charge in [0.1, 0.15) is 5.82 Å². The van der Waals surface area contributed by atoms with Crippen LogP contribution in [0, 0.1) is 6.92 Å². The topological polar surface area (TPSA) is 54.3 Å². The highest BCUT2D eigenvalue weighted by Gasteiger charge is 2.21. The number of amides is 1. The molecular weight excluding hydrogens is 326 g/mol. The van der Waals surface area contributed by atoms with Crippen LogP contribution in [0.25, 0.3) is 10.9 Å². The molecule has 0 unspecified atom stereocenters. The maximum absolute atomic E-state index is 12.6. The summed E-state index contributed by atoms with van der Waals surface area (Å²) in [6.07, 6.45) is 2.29. The average molecular weight is 349 g/mol. The van der Waals surface area contributed by atoms with E-state index in [4.69, 9.17) is 0 Å². The van der Waals surface area contributed by atoms with Gasteiger partial charge in [0.25, 0.3) is 0 Å². The third kappa shape index (κ3) is 3.27. The first-order valence-corrected chi connectivity index (χ1v) is 9.08. The van der Waals surface area contributed by atoms with Gasteiger partial charge in [0.15, 0.2) is 0 Å². The molecule has 2 aromatic heterocycles. The van der Waals surface area contributed by atoms with Crippen LogP contribution in [0.3, 0.4) is 0 Å². The Hall–Kier alpha value is -2.89. The predicted octanol–water partition coefficient (Wildman–Crippen LogP) is 2.48. The fourth-order valence-corrected chi connectivity index (χ4v) is 3.55. The highest BCUT2D eigenvalue weighted by atomic mass is 16.2. The maximum atomic E-state index is 12.6. The van der Waals surface area contributed by atoms with Crippen molar-refractivity contribution in [1.29, 1.82) is 0 Å². The standard InChI is InChI=1S/C20H23N5O/c1-16-17-6-2-3-7-18(17)25(22-16)11-9-20(26)24-14-12-23(13-15-24)19-8-4-5-10-21-19/h2-8,10H,9,11-15H2,1H3. The average Bonchev–Trinajstić information content (AvgIpc) is 3.03. The number of para-hydroxylation sites is 1. The van der Waals surface area contributed by atoms with Gasteiger partial charge < -0.3 is 9.80 Å². The second kappa shape index (κ2) is 7.15. The van der Waals surface area contributed by atoms with E-state index in [2.05, 4.69) is 27.1 Å². The summed E-state index contributed by atoms with van der Waals surface area (Å²) < 4.78 is 1.95. The molecule has 1 saturated heterocycles. The highest BCUT2D eigenvalue weighted by molar-refractivity contribution is 5.82. The largest absolute Gasteiger partial charge is 0.353 e. The van der Waals surface area contributed by atoms with E-state index in [9.17, 15) is 4.79 Å². The Kier molecular flexibility index (Phi) is 4.56. The number of anilines is 1. The molecule has 0 radical (unpaired) electrons. The zero-order valence-corrected chi connectivity index (χ0v) is 15.0. The third-order valence-electron chi connectivity index (χ3n) is 4.99. The molecule has 0 aliphatic carbocycles. The quantitative estimate of drug-likeness (QED) is 0.726. The number of carbonyl (C=O) groups excluding carboxylic acids is 1. The first kappa shape index (κ1) is 16.6. The number of aryl methyl sites for hydroxylation is 2. The number of pyridine rings is 1. The molecule has 134 valence electrons. The maximum Gasteiger partial charge on any atom is 0.224 e. The second-order valence-electron chi connectivity index (χ2n) is 6.63. The number of rotatable bonds is 4. The molecule has 6 heteroatoms. The van der Waals surface area contributed by atoms with Crippen molar-refractivity contribution in [3.8, 4) is 0 Å². The van der Waals surface area contributed by atoms with Crippen molar-refractivity contribution in [2.45, 2.75) is 19.9 Å². The van der Waals surface area contributed by atoms with E-state index in [1.807, 2.05) is 53.0 Å². The number of aromatic nitrogens is 3. The zero-order chi connectivity index (χ0) is 17.9. The second-order valence-corrected chi connectivity index (χ2v) is 6.63. The van der Waals surface area contributed by atoms with Crippen molar-refractivity contribution in [2.75, 3.05) is 31.1 Å². The summed E-state index contributed by atoms with van der Waals surface area (Å²) in [4.78, 5) is 21.2. The molecule has 1 aromatic carbocycles. The van der Waals surface area contributed by atoms with Crippen LogP contribution < -0.4 is 4.90 Å². The molecule has 1 fully saturated rings. The van der Waals surface area contributed by atoms with E-state index in [0.717, 1.165) is 48.6 Å². The summed E-state index contributed by atoms with van der Waals surface area (Å²) in [7, 11) is 0. The van der Waals surface area contributed by atoms with Gasteiger partial charge in [0.2, 0.25) is 5.91 Å². The molecule has 1 amide bonds. The molecule has 0 bridgehead atoms. The Morgan fingerprint density at radius 1 is 1.04 bits per heavy atom. The van der Waals surface area contributed by atoms with E-state index in [1.165, 1.54) is 0 Å². The molecule has 26 heavy (non-hydrogen) atoms. The number of benzene rings is 1. The third-order valence-corrected chi connectivity index (χ3v) is 4.99. The number of piperazine rings is 1. The molecule has 0 N–H and O–H groups in total. The molecule has 6 nitrogen and oxygen atoms in total. The number of fused-ring (bicyclic) bond motifs is 1. The van der Waals surface area contributed by atoms with Gasteiger partial charge in [-0.05, 0) is 25.1 Å². The minimum Gasteiger partial charge on any atom is -0.353 e. The zero-order valence-electron chi connectivity index (χ0n) is 15.0. The van der Waals surface area contributed by atoms with Crippen LogP contribution in [0.5, 0.6) is 0 Å². The molecule has 0 atom stereocenters. The summed E-state index contributed by atoms with van der Waals surface area (Å²) in [6.45, 7) is 5.77. The Labute approximate surface area is 153 Å². The van der Waals surface area contributed by atoms with Crippen molar-refractivity contribution in [3.63, 3.8) is 0 Å². The smallest absolute Gasteiger partial charge is 0.224 e. The fraction of sp³-hybridized carbons (Fsp3) is 0.350. The number of carbonyl (C=O) groups is 1. The summed E-state index contributed by atoms with van der Waals surface area (Å²) in [5.74, 6) is 1.18. The van der Waals surface area contributed by atoms with Gasteiger partial charge in [-0.3, -0.25) is 9.48 Å². The molecule has 3 aromatic rings. The molecule has 4 rings (SSSR count). The Balaban J connectivity index is 1.34. The molecular formula is C20H23N5O. The number of nitrogens with zero attached hydrogens (tertiary/aromatic N) is 5. The van der Waals surface area contributed by atoms with Gasteiger partial charge in [0.05, 0.1) is 17.8 Å². The molecule has 0 saturated carbocycles. The molecule has 0 spiro atoms. The summed E-state index contributed by atoms with van der Waals surface area (Å²) >= 11 is 0. The van der Waals surface area contributed by atoms with Gasteiger partial charge >= 0.3 is 0 Å². The van der Waals surface area contributed by atoms with Crippen molar-refractivity contribution in [3.05, 3.63) is 54.4 Å². The van der Waals surface area contributed by atoms with E-state index >= 15 is 0 Å². The van der Waals surface area contributed by atoms with Gasteiger partial charge in [0, 0.05) is 44.2 Å². The van der Waals surface area contributed by atoms with Crippen LogP contribution in [0.4, 0.5) is 5.82 Å². The molecule has 1 aliphatic heterocycles. The lowest BCUT2D eigenvalue weighted by atomic mass is 10.2. The molecule has 3 heterocycles. The Bertz CT molecular complexity index is 897. The van der Waals surface area contributed by atoms with Gasteiger partial charge in [-0.25, -0.2) is 4.98 Å². The van der Waals surface area contributed by atoms with Crippen molar-refractivity contribution in [2.24, 2.45) is 0 Å². The first-order chi connectivity index (χ1) is 12.7. The van der Waals surface area contributed by atoms with Crippen LogP contribution in [0.15, 0.2) is 48.7 Å². The summed E-state index contributed by atoms with van der Waals surface area (Å²) in [5.41, 5.74) is 2.11. The predicted molar refractivity (Wildman–Crippen MR) is 102 cm³/mol. The van der Waals surface area contributed by atoms with E-state index in [-0.39, 0.29) is 5.91 Å². The lowest BCUT2D eigenvalue weighted by Gasteiger charge is -2.35. The van der Waals surface area contributed by atoms with E-state index < -0.39 is 0 Å². The van der Waals surface area contributed by atoms with Crippen LogP contribution in [0.1, 0.15) is 12.1 Å². The Morgan fingerprint density at radius 3 is 2.58 bits per heavy atom. The lowest BCUT2D eigenvalue weighted by molar-refractivity contribution is -0.131. The minimum absolute atomic E-state index is 0.197. The lowest BCUT2D eigenvalue weighted by Crippen LogP contribution is -2.49. The van der Waals surface area contributed by atoms with Gasteiger partial charge in [-0.2, -0.15) is 5.10 Å². The minimum atomic E-state index is 0.197.